The van der Waals surface area contributed by atoms with E-state index in [9.17, 15) is 10.2 Å². The first-order valence-corrected chi connectivity index (χ1v) is 8.89. The van der Waals surface area contributed by atoms with Crippen LogP contribution in [0.5, 0.6) is 5.75 Å². The maximum atomic E-state index is 11.3. The van der Waals surface area contributed by atoms with Gasteiger partial charge in [-0.3, -0.25) is 4.90 Å². The highest BCUT2D eigenvalue weighted by molar-refractivity contribution is 6.30. The van der Waals surface area contributed by atoms with Crippen molar-refractivity contribution in [1.82, 2.24) is 4.90 Å². The molecule has 1 saturated heterocycles. The van der Waals surface area contributed by atoms with Gasteiger partial charge in [-0.1, -0.05) is 29.8 Å². The van der Waals surface area contributed by atoms with Crippen LogP contribution in [-0.2, 0) is 12.0 Å². The monoisotopic (exact) mass is 343 g/mol. The summed E-state index contributed by atoms with van der Waals surface area (Å²) in [5.41, 5.74) is 3.46. The molecule has 0 bridgehead atoms. The molecule has 0 amide bonds. The Bertz CT molecular complexity index is 774. The molecular formula is C20H22ClNO2. The van der Waals surface area contributed by atoms with E-state index in [1.165, 1.54) is 5.56 Å². The van der Waals surface area contributed by atoms with Crippen molar-refractivity contribution in [3.05, 3.63) is 63.7 Å². The fourth-order valence-electron chi connectivity index (χ4n) is 4.20. The van der Waals surface area contributed by atoms with Gasteiger partial charge in [0.05, 0.1) is 5.60 Å². The molecule has 0 radical (unpaired) electrons. The normalized spacial score (nSPS) is 26.7. The quantitative estimate of drug-likeness (QED) is 0.824. The van der Waals surface area contributed by atoms with Crippen molar-refractivity contribution < 1.29 is 10.2 Å². The molecule has 0 spiro atoms. The number of halogens is 1. The molecule has 2 N–H and O–H groups in total. The molecule has 0 unspecified atom stereocenters. The second-order valence-corrected chi connectivity index (χ2v) is 7.57. The van der Waals surface area contributed by atoms with Crippen LogP contribution in [0.15, 0.2) is 36.4 Å². The minimum atomic E-state index is -0.846. The Labute approximate surface area is 147 Å². The van der Waals surface area contributed by atoms with E-state index in [0.717, 1.165) is 42.6 Å². The molecule has 126 valence electrons. The summed E-state index contributed by atoms with van der Waals surface area (Å²) in [5, 5.41) is 22.1. The predicted octanol–water partition coefficient (Wildman–Crippen LogP) is 3.93. The summed E-state index contributed by atoms with van der Waals surface area (Å²) in [6.45, 7) is 3.81. The van der Waals surface area contributed by atoms with Gasteiger partial charge < -0.3 is 10.2 Å². The smallest absolute Gasteiger partial charge is 0.118 e. The van der Waals surface area contributed by atoms with E-state index in [0.29, 0.717) is 17.2 Å². The van der Waals surface area contributed by atoms with Crippen molar-refractivity contribution >= 4 is 11.6 Å². The molecule has 4 rings (SSSR count). The molecule has 0 aliphatic carbocycles. The van der Waals surface area contributed by atoms with Crippen LogP contribution < -0.4 is 0 Å². The molecule has 4 heteroatoms. The van der Waals surface area contributed by atoms with E-state index in [4.69, 9.17) is 11.6 Å². The number of hydrogen-bond donors (Lipinski definition) is 2. The fourth-order valence-corrected chi connectivity index (χ4v) is 4.32. The maximum absolute atomic E-state index is 11.3. The molecule has 2 aromatic rings. The van der Waals surface area contributed by atoms with Gasteiger partial charge in [-0.2, -0.15) is 0 Å². The van der Waals surface area contributed by atoms with E-state index < -0.39 is 5.60 Å². The van der Waals surface area contributed by atoms with E-state index in [-0.39, 0.29) is 6.04 Å². The number of rotatable bonds is 1. The summed E-state index contributed by atoms with van der Waals surface area (Å²) < 4.78 is 0. The summed E-state index contributed by atoms with van der Waals surface area (Å²) in [7, 11) is 0. The molecule has 24 heavy (non-hydrogen) atoms. The Hall–Kier alpha value is -1.55. The van der Waals surface area contributed by atoms with Crippen molar-refractivity contribution in [2.75, 3.05) is 13.1 Å². The molecular weight excluding hydrogens is 322 g/mol. The van der Waals surface area contributed by atoms with Crippen LogP contribution in [0.2, 0.25) is 5.02 Å². The number of hydrogen-bond acceptors (Lipinski definition) is 3. The first-order valence-electron chi connectivity index (χ1n) is 8.51. The lowest BCUT2D eigenvalue weighted by molar-refractivity contribution is -0.0557. The van der Waals surface area contributed by atoms with Crippen LogP contribution in [-0.4, -0.2) is 28.2 Å². The predicted molar refractivity (Wildman–Crippen MR) is 95.4 cm³/mol. The van der Waals surface area contributed by atoms with Crippen molar-refractivity contribution in [3.63, 3.8) is 0 Å². The van der Waals surface area contributed by atoms with Crippen LogP contribution in [0.1, 0.15) is 41.1 Å². The highest BCUT2D eigenvalue weighted by Gasteiger charge is 2.42. The average molecular weight is 344 g/mol. The van der Waals surface area contributed by atoms with Crippen LogP contribution in [0, 0.1) is 6.92 Å². The van der Waals surface area contributed by atoms with Gasteiger partial charge in [0, 0.05) is 30.6 Å². The molecule has 0 aromatic heterocycles. The van der Waals surface area contributed by atoms with Crippen LogP contribution in [0.4, 0.5) is 0 Å². The summed E-state index contributed by atoms with van der Waals surface area (Å²) in [6, 6.07) is 11.7. The SMILES string of the molecule is Cc1cc2c(cc1O)[C@H]1C[C@](O)(c3ccc(Cl)cc3)CCN1CC2. The average Bonchev–Trinajstić information content (AvgIpc) is 2.57. The minimum absolute atomic E-state index is 0.148. The lowest BCUT2D eigenvalue weighted by Gasteiger charge is -2.47. The zero-order chi connectivity index (χ0) is 16.9. The number of fused-ring (bicyclic) bond motifs is 3. The van der Waals surface area contributed by atoms with E-state index >= 15 is 0 Å². The van der Waals surface area contributed by atoms with Gasteiger partial charge in [0.25, 0.3) is 0 Å². The lowest BCUT2D eigenvalue weighted by atomic mass is 9.76. The molecule has 3 nitrogen and oxygen atoms in total. The first kappa shape index (κ1) is 15.9. The van der Waals surface area contributed by atoms with Crippen LogP contribution >= 0.6 is 11.6 Å². The molecule has 2 aromatic carbocycles. The van der Waals surface area contributed by atoms with Gasteiger partial charge in [0.15, 0.2) is 0 Å². The Balaban J connectivity index is 1.71. The molecule has 0 saturated carbocycles. The van der Waals surface area contributed by atoms with Gasteiger partial charge >= 0.3 is 0 Å². The topological polar surface area (TPSA) is 43.7 Å². The maximum Gasteiger partial charge on any atom is 0.118 e. The first-order chi connectivity index (χ1) is 11.5. The second kappa shape index (κ2) is 5.76. The summed E-state index contributed by atoms with van der Waals surface area (Å²) in [6.07, 6.45) is 2.37. The number of aliphatic hydroxyl groups is 1. The van der Waals surface area contributed by atoms with Crippen LogP contribution in [0.3, 0.4) is 0 Å². The molecule has 2 heterocycles. The van der Waals surface area contributed by atoms with Gasteiger partial charge in [-0.25, -0.2) is 0 Å². The molecule has 2 atom stereocenters. The minimum Gasteiger partial charge on any atom is -0.508 e. The van der Waals surface area contributed by atoms with E-state index in [2.05, 4.69) is 11.0 Å². The van der Waals surface area contributed by atoms with Crippen molar-refractivity contribution in [2.45, 2.75) is 37.8 Å². The summed E-state index contributed by atoms with van der Waals surface area (Å²) in [5.74, 6) is 0.344. The number of aromatic hydroxyl groups is 1. The van der Waals surface area contributed by atoms with Gasteiger partial charge in [0.2, 0.25) is 0 Å². The van der Waals surface area contributed by atoms with E-state index in [1.54, 1.807) is 0 Å². The second-order valence-electron chi connectivity index (χ2n) is 7.13. The van der Waals surface area contributed by atoms with Crippen molar-refractivity contribution in [3.8, 4) is 5.75 Å². The highest BCUT2D eigenvalue weighted by Crippen LogP contribution is 2.46. The Morgan fingerprint density at radius 3 is 2.67 bits per heavy atom. The Morgan fingerprint density at radius 2 is 1.92 bits per heavy atom. The van der Waals surface area contributed by atoms with Crippen molar-refractivity contribution in [1.29, 1.82) is 0 Å². The third-order valence-corrected chi connectivity index (χ3v) is 5.90. The fraction of sp³-hybridized carbons (Fsp3) is 0.400. The summed E-state index contributed by atoms with van der Waals surface area (Å²) in [4.78, 5) is 2.43. The van der Waals surface area contributed by atoms with Gasteiger partial charge in [-0.15, -0.1) is 0 Å². The lowest BCUT2D eigenvalue weighted by Crippen LogP contribution is -2.47. The number of phenols is 1. The van der Waals surface area contributed by atoms with E-state index in [1.807, 2.05) is 37.3 Å². The number of benzene rings is 2. The number of phenolic OH excluding ortho intramolecular Hbond substituents is 1. The summed E-state index contributed by atoms with van der Waals surface area (Å²) >= 11 is 5.99. The third kappa shape index (κ3) is 2.61. The molecule has 1 fully saturated rings. The standard InChI is InChI=1S/C20H22ClNO2/c1-13-10-14-6-8-22-9-7-20(24,15-2-4-16(21)5-3-15)12-18(22)17(14)11-19(13)23/h2-5,10-11,18,23-24H,6-9,12H2,1H3/t18-,20+/m1/s1. The van der Waals surface area contributed by atoms with Crippen LogP contribution in [0.25, 0.3) is 0 Å². The zero-order valence-electron chi connectivity index (χ0n) is 13.8. The van der Waals surface area contributed by atoms with Gasteiger partial charge in [0.1, 0.15) is 5.75 Å². The number of nitrogens with zero attached hydrogens (tertiary/aromatic N) is 1. The Morgan fingerprint density at radius 1 is 1.17 bits per heavy atom. The number of aryl methyl sites for hydroxylation is 1. The number of piperidine rings is 1. The highest BCUT2D eigenvalue weighted by atomic mass is 35.5. The molecule has 2 aliphatic rings. The zero-order valence-corrected chi connectivity index (χ0v) is 14.6. The largest absolute Gasteiger partial charge is 0.508 e. The van der Waals surface area contributed by atoms with Gasteiger partial charge in [-0.05, 0) is 60.2 Å². The molecule has 2 aliphatic heterocycles. The Kier molecular flexibility index (Phi) is 3.83. The van der Waals surface area contributed by atoms with Crippen molar-refractivity contribution in [2.24, 2.45) is 0 Å². The third-order valence-electron chi connectivity index (χ3n) is 5.65.